The summed E-state index contributed by atoms with van der Waals surface area (Å²) in [6, 6.07) is 11.0. The highest BCUT2D eigenvalue weighted by molar-refractivity contribution is 6.32. The van der Waals surface area contributed by atoms with Crippen molar-refractivity contribution in [2.75, 3.05) is 26.9 Å². The van der Waals surface area contributed by atoms with Crippen LogP contribution in [0.25, 0.3) is 0 Å². The minimum Gasteiger partial charge on any atom is -0.496 e. The fourth-order valence-electron chi connectivity index (χ4n) is 2.21. The van der Waals surface area contributed by atoms with E-state index >= 15 is 0 Å². The predicted molar refractivity (Wildman–Crippen MR) is 97.6 cm³/mol. The van der Waals surface area contributed by atoms with E-state index in [1.807, 2.05) is 24.3 Å². The molecule has 27 heavy (non-hydrogen) atoms. The van der Waals surface area contributed by atoms with Crippen molar-refractivity contribution in [3.63, 3.8) is 0 Å². The van der Waals surface area contributed by atoms with Crippen molar-refractivity contribution >= 4 is 23.5 Å². The fraction of sp³-hybridized carbons (Fsp3) is 0.263. The Morgan fingerprint density at radius 2 is 1.89 bits per heavy atom. The minimum atomic E-state index is -0.740. The van der Waals surface area contributed by atoms with E-state index < -0.39 is 30.9 Å². The average Bonchev–Trinajstić information content (AvgIpc) is 2.66. The molecule has 2 rings (SSSR count). The maximum absolute atomic E-state index is 12.9. The number of esters is 1. The Morgan fingerprint density at radius 3 is 2.63 bits per heavy atom. The summed E-state index contributed by atoms with van der Waals surface area (Å²) in [5, 5.41) is 2.69. The van der Waals surface area contributed by atoms with Gasteiger partial charge in [-0.1, -0.05) is 29.8 Å². The van der Waals surface area contributed by atoms with Crippen molar-refractivity contribution in [1.82, 2.24) is 5.32 Å². The molecule has 0 heterocycles. The largest absolute Gasteiger partial charge is 0.496 e. The van der Waals surface area contributed by atoms with Gasteiger partial charge in [0.1, 0.15) is 17.3 Å². The molecule has 0 spiro atoms. The third-order valence-electron chi connectivity index (χ3n) is 3.51. The first-order valence-electron chi connectivity index (χ1n) is 8.11. The highest BCUT2D eigenvalue weighted by atomic mass is 35.5. The van der Waals surface area contributed by atoms with Gasteiger partial charge in [0.05, 0.1) is 12.1 Å². The number of para-hydroxylation sites is 1. The molecule has 0 radical (unpaired) electrons. The zero-order chi connectivity index (χ0) is 19.6. The number of amides is 1. The maximum atomic E-state index is 12.9. The van der Waals surface area contributed by atoms with Gasteiger partial charge in [0.25, 0.3) is 5.91 Å². The lowest BCUT2D eigenvalue weighted by molar-refractivity contribution is -0.150. The molecule has 0 atom stereocenters. The number of benzene rings is 2. The molecule has 2 aromatic rings. The van der Waals surface area contributed by atoms with Gasteiger partial charge in [-0.05, 0) is 36.2 Å². The number of carbonyl (C=O) groups excluding carboxylic acids is 2. The molecular weight excluding hydrogens is 377 g/mol. The first kappa shape index (κ1) is 20.5. The summed E-state index contributed by atoms with van der Waals surface area (Å²) in [7, 11) is 1.58. The second-order valence-corrected chi connectivity index (χ2v) is 5.84. The quantitative estimate of drug-likeness (QED) is 0.661. The van der Waals surface area contributed by atoms with Crippen LogP contribution in [0.5, 0.6) is 11.5 Å². The van der Waals surface area contributed by atoms with Crippen LogP contribution in [0.3, 0.4) is 0 Å². The van der Waals surface area contributed by atoms with Crippen LogP contribution < -0.4 is 14.8 Å². The lowest BCUT2D eigenvalue weighted by atomic mass is 10.1. The molecule has 0 aliphatic rings. The molecular formula is C19H19ClFNO5. The summed E-state index contributed by atoms with van der Waals surface area (Å²) < 4.78 is 28.1. The van der Waals surface area contributed by atoms with Crippen LogP contribution in [-0.4, -0.2) is 38.7 Å². The molecule has 0 saturated heterocycles. The van der Waals surface area contributed by atoms with Gasteiger partial charge in [-0.15, -0.1) is 0 Å². The summed E-state index contributed by atoms with van der Waals surface area (Å²) >= 11 is 5.78. The zero-order valence-corrected chi connectivity index (χ0v) is 15.4. The molecule has 2 aromatic carbocycles. The van der Waals surface area contributed by atoms with Crippen LogP contribution in [0.4, 0.5) is 4.39 Å². The van der Waals surface area contributed by atoms with Crippen LogP contribution in [0.1, 0.15) is 5.56 Å². The second kappa shape index (κ2) is 10.4. The minimum absolute atomic E-state index is 0.0388. The standard InChI is InChI=1S/C19H19ClFNO5/c1-25-16-5-3-2-4-13(16)8-9-22-18(23)11-27-19(24)12-26-17-7-6-14(21)10-15(17)20/h2-7,10H,8-9,11-12H2,1H3,(H,22,23). The van der Waals surface area contributed by atoms with Crippen LogP contribution in [0.2, 0.25) is 5.02 Å². The van der Waals surface area contributed by atoms with E-state index in [0.717, 1.165) is 23.4 Å². The molecule has 0 fully saturated rings. The third-order valence-corrected chi connectivity index (χ3v) is 3.81. The number of rotatable bonds is 9. The molecule has 1 N–H and O–H groups in total. The van der Waals surface area contributed by atoms with Crippen LogP contribution >= 0.6 is 11.6 Å². The smallest absolute Gasteiger partial charge is 0.344 e. The zero-order valence-electron chi connectivity index (χ0n) is 14.7. The highest BCUT2D eigenvalue weighted by Gasteiger charge is 2.10. The lowest BCUT2D eigenvalue weighted by Gasteiger charge is -2.10. The van der Waals surface area contributed by atoms with E-state index in [1.54, 1.807) is 7.11 Å². The lowest BCUT2D eigenvalue weighted by Crippen LogP contribution is -2.31. The van der Waals surface area contributed by atoms with Crippen LogP contribution in [0, 0.1) is 5.82 Å². The Labute approximate surface area is 161 Å². The number of hydrogen-bond acceptors (Lipinski definition) is 5. The first-order chi connectivity index (χ1) is 13.0. The number of hydrogen-bond donors (Lipinski definition) is 1. The number of nitrogens with one attached hydrogen (secondary N) is 1. The maximum Gasteiger partial charge on any atom is 0.344 e. The van der Waals surface area contributed by atoms with Crippen molar-refractivity contribution in [3.05, 3.63) is 58.9 Å². The molecule has 6 nitrogen and oxygen atoms in total. The molecule has 0 aliphatic heterocycles. The van der Waals surface area contributed by atoms with E-state index in [9.17, 15) is 14.0 Å². The van der Waals surface area contributed by atoms with E-state index in [-0.39, 0.29) is 10.8 Å². The van der Waals surface area contributed by atoms with Gasteiger partial charge in [-0.25, -0.2) is 9.18 Å². The van der Waals surface area contributed by atoms with Gasteiger partial charge in [0.2, 0.25) is 0 Å². The predicted octanol–water partition coefficient (Wildman–Crippen LogP) is 2.77. The number of methoxy groups -OCH3 is 1. The van der Waals surface area contributed by atoms with Gasteiger partial charge in [0.15, 0.2) is 13.2 Å². The van der Waals surface area contributed by atoms with Gasteiger partial charge in [-0.3, -0.25) is 4.79 Å². The average molecular weight is 396 g/mol. The molecule has 0 aliphatic carbocycles. The summed E-state index contributed by atoms with van der Waals surface area (Å²) in [6.45, 7) is -0.496. The van der Waals surface area contributed by atoms with Gasteiger partial charge < -0.3 is 19.5 Å². The first-order valence-corrected chi connectivity index (χ1v) is 8.49. The van der Waals surface area contributed by atoms with E-state index in [4.69, 9.17) is 25.8 Å². The summed E-state index contributed by atoms with van der Waals surface area (Å²) in [4.78, 5) is 23.4. The Morgan fingerprint density at radius 1 is 1.11 bits per heavy atom. The summed E-state index contributed by atoms with van der Waals surface area (Å²) in [5.74, 6) is -0.792. The Balaban J connectivity index is 1.66. The molecule has 0 aromatic heterocycles. The summed E-state index contributed by atoms with van der Waals surface area (Å²) in [6.07, 6.45) is 0.579. The Bertz CT molecular complexity index is 799. The monoisotopic (exact) mass is 395 g/mol. The molecule has 0 saturated carbocycles. The Kier molecular flexibility index (Phi) is 7.88. The third kappa shape index (κ3) is 6.79. The molecule has 144 valence electrons. The van der Waals surface area contributed by atoms with Crippen LogP contribution in [0.15, 0.2) is 42.5 Å². The second-order valence-electron chi connectivity index (χ2n) is 5.44. The number of carbonyl (C=O) groups is 2. The van der Waals surface area contributed by atoms with Crippen molar-refractivity contribution in [2.45, 2.75) is 6.42 Å². The van der Waals surface area contributed by atoms with Gasteiger partial charge in [0, 0.05) is 6.54 Å². The normalized spacial score (nSPS) is 10.2. The fourth-order valence-corrected chi connectivity index (χ4v) is 2.44. The number of ether oxygens (including phenoxy) is 3. The number of halogens is 2. The Hall–Kier alpha value is -2.80. The van der Waals surface area contributed by atoms with E-state index in [0.29, 0.717) is 13.0 Å². The van der Waals surface area contributed by atoms with Crippen LogP contribution in [-0.2, 0) is 20.7 Å². The SMILES string of the molecule is COc1ccccc1CCNC(=O)COC(=O)COc1ccc(F)cc1Cl. The summed E-state index contributed by atoms with van der Waals surface area (Å²) in [5.41, 5.74) is 0.960. The van der Waals surface area contributed by atoms with Gasteiger partial charge in [-0.2, -0.15) is 0 Å². The molecule has 1 amide bonds. The molecule has 0 unspecified atom stereocenters. The molecule has 8 heteroatoms. The topological polar surface area (TPSA) is 73.9 Å². The van der Waals surface area contributed by atoms with E-state index in [2.05, 4.69) is 5.32 Å². The van der Waals surface area contributed by atoms with Gasteiger partial charge >= 0.3 is 5.97 Å². The highest BCUT2D eigenvalue weighted by Crippen LogP contribution is 2.24. The van der Waals surface area contributed by atoms with Crippen molar-refractivity contribution in [2.24, 2.45) is 0 Å². The van der Waals surface area contributed by atoms with E-state index in [1.165, 1.54) is 6.07 Å². The van der Waals surface area contributed by atoms with Crippen molar-refractivity contribution < 1.29 is 28.2 Å². The van der Waals surface area contributed by atoms with Crippen molar-refractivity contribution in [1.29, 1.82) is 0 Å². The van der Waals surface area contributed by atoms with Crippen molar-refractivity contribution in [3.8, 4) is 11.5 Å². The molecule has 0 bridgehead atoms.